The van der Waals surface area contributed by atoms with Crippen LogP contribution in [0, 0.1) is 5.82 Å². The van der Waals surface area contributed by atoms with Gasteiger partial charge in [0.15, 0.2) is 0 Å². The van der Waals surface area contributed by atoms with Crippen LogP contribution in [0.2, 0.25) is 0 Å². The van der Waals surface area contributed by atoms with Crippen LogP contribution < -0.4 is 5.32 Å². The lowest BCUT2D eigenvalue weighted by Crippen LogP contribution is -2.05. The molecule has 0 amide bonds. The molecule has 3 aromatic rings. The van der Waals surface area contributed by atoms with Gasteiger partial charge in [0.2, 0.25) is 0 Å². The lowest BCUT2D eigenvalue weighted by molar-refractivity contribution is 0.637. The summed E-state index contributed by atoms with van der Waals surface area (Å²) in [5, 5.41) is 4.37. The first-order chi connectivity index (χ1) is 10.3. The van der Waals surface area contributed by atoms with Crippen molar-refractivity contribution in [3.63, 3.8) is 0 Å². The van der Waals surface area contributed by atoms with E-state index in [1.807, 2.05) is 18.2 Å². The summed E-state index contributed by atoms with van der Waals surface area (Å²) < 4.78 is 13.8. The van der Waals surface area contributed by atoms with Gasteiger partial charge in [0.1, 0.15) is 11.3 Å². The third-order valence-corrected chi connectivity index (χ3v) is 4.08. The summed E-state index contributed by atoms with van der Waals surface area (Å²) in [7, 11) is 0. The van der Waals surface area contributed by atoms with Crippen LogP contribution in [0.5, 0.6) is 0 Å². The third kappa shape index (κ3) is 2.25. The number of rotatable bonds is 3. The molecule has 21 heavy (non-hydrogen) atoms. The second-order valence-corrected chi connectivity index (χ2v) is 5.50. The van der Waals surface area contributed by atoms with Crippen molar-refractivity contribution in [2.75, 3.05) is 5.32 Å². The van der Waals surface area contributed by atoms with Gasteiger partial charge in [-0.3, -0.25) is 4.98 Å². The fourth-order valence-electron chi connectivity index (χ4n) is 2.89. The monoisotopic (exact) mass is 278 g/mol. The van der Waals surface area contributed by atoms with E-state index in [1.54, 1.807) is 12.3 Å². The van der Waals surface area contributed by atoms with E-state index in [0.717, 1.165) is 17.5 Å². The fourth-order valence-corrected chi connectivity index (χ4v) is 2.89. The van der Waals surface area contributed by atoms with E-state index >= 15 is 0 Å². The minimum atomic E-state index is -0.272. The van der Waals surface area contributed by atoms with Crippen molar-refractivity contribution in [3.8, 4) is 0 Å². The van der Waals surface area contributed by atoms with Crippen molar-refractivity contribution in [2.24, 2.45) is 0 Å². The topological polar surface area (TPSA) is 24.9 Å². The zero-order valence-electron chi connectivity index (χ0n) is 11.5. The van der Waals surface area contributed by atoms with Crippen molar-refractivity contribution < 1.29 is 4.39 Å². The first kappa shape index (κ1) is 12.3. The summed E-state index contributed by atoms with van der Waals surface area (Å²) in [5.74, 6) is 0.273. The summed E-state index contributed by atoms with van der Waals surface area (Å²) >= 11 is 0. The van der Waals surface area contributed by atoms with E-state index in [4.69, 9.17) is 0 Å². The summed E-state index contributed by atoms with van der Waals surface area (Å²) in [5.41, 5.74) is 2.75. The molecule has 2 nitrogen and oxygen atoms in total. The Kier molecular flexibility index (Phi) is 2.85. The normalized spacial score (nSPS) is 20.4. The number of pyridine rings is 1. The largest absolute Gasteiger partial charge is 0.381 e. The van der Waals surface area contributed by atoms with Crippen molar-refractivity contribution in [3.05, 3.63) is 72.2 Å². The van der Waals surface area contributed by atoms with E-state index in [1.165, 1.54) is 11.6 Å². The number of hydrogen-bond donors (Lipinski definition) is 1. The predicted octanol–water partition coefficient (Wildman–Crippen LogP) is 4.34. The molecule has 104 valence electrons. The molecule has 3 heteroatoms. The molecule has 0 bridgehead atoms. The number of nitrogens with zero attached hydrogens (tertiary/aromatic N) is 1. The number of aromatic nitrogens is 1. The zero-order valence-corrected chi connectivity index (χ0v) is 11.5. The van der Waals surface area contributed by atoms with Crippen LogP contribution in [-0.4, -0.2) is 11.0 Å². The minimum absolute atomic E-state index is 0.272. The zero-order chi connectivity index (χ0) is 14.2. The van der Waals surface area contributed by atoms with E-state index in [2.05, 4.69) is 34.6 Å². The number of para-hydroxylation sites is 1. The van der Waals surface area contributed by atoms with Crippen LogP contribution in [0.4, 0.5) is 10.1 Å². The highest BCUT2D eigenvalue weighted by atomic mass is 19.1. The number of anilines is 1. The Morgan fingerprint density at radius 1 is 1.00 bits per heavy atom. The van der Waals surface area contributed by atoms with Crippen LogP contribution in [0.3, 0.4) is 0 Å². The van der Waals surface area contributed by atoms with Crippen molar-refractivity contribution in [2.45, 2.75) is 18.4 Å². The van der Waals surface area contributed by atoms with Gasteiger partial charge in [-0.2, -0.15) is 0 Å². The number of hydrogen-bond acceptors (Lipinski definition) is 2. The van der Waals surface area contributed by atoms with Gasteiger partial charge in [0.05, 0.1) is 0 Å². The molecule has 2 unspecified atom stereocenters. The van der Waals surface area contributed by atoms with Crippen molar-refractivity contribution >= 4 is 16.6 Å². The van der Waals surface area contributed by atoms with Crippen LogP contribution in [0.15, 0.2) is 60.8 Å². The van der Waals surface area contributed by atoms with E-state index in [9.17, 15) is 4.39 Å². The number of nitrogens with one attached hydrogen (secondary N) is 1. The molecule has 0 spiro atoms. The highest BCUT2D eigenvalue weighted by molar-refractivity contribution is 5.91. The standard InChI is InChI=1S/C18H15FN2/c19-15-8-4-7-13-16(9-10-20-18(13)15)21-17-11-14(17)12-5-2-1-3-6-12/h1-10,14,17H,11H2,(H,20,21). The molecule has 0 saturated heterocycles. The molecule has 1 aliphatic carbocycles. The van der Waals surface area contributed by atoms with Gasteiger partial charge in [-0.15, -0.1) is 0 Å². The summed E-state index contributed by atoms with van der Waals surface area (Å²) in [6, 6.07) is 17.9. The molecule has 1 heterocycles. The second kappa shape index (κ2) is 4.85. The van der Waals surface area contributed by atoms with Crippen LogP contribution >= 0.6 is 0 Å². The molecular weight excluding hydrogens is 263 g/mol. The molecule has 2 aromatic carbocycles. The van der Waals surface area contributed by atoms with E-state index < -0.39 is 0 Å². The summed E-state index contributed by atoms with van der Waals surface area (Å²) in [6.07, 6.45) is 2.77. The average molecular weight is 278 g/mol. The number of benzene rings is 2. The van der Waals surface area contributed by atoms with Gasteiger partial charge >= 0.3 is 0 Å². The van der Waals surface area contributed by atoms with Gasteiger partial charge in [0.25, 0.3) is 0 Å². The van der Waals surface area contributed by atoms with Gasteiger partial charge in [-0.05, 0) is 24.1 Å². The molecule has 1 fully saturated rings. The molecule has 0 aliphatic heterocycles. The third-order valence-electron chi connectivity index (χ3n) is 4.08. The van der Waals surface area contributed by atoms with Crippen molar-refractivity contribution in [1.29, 1.82) is 0 Å². The maximum Gasteiger partial charge on any atom is 0.149 e. The van der Waals surface area contributed by atoms with Crippen LogP contribution in [0.25, 0.3) is 10.9 Å². The average Bonchev–Trinajstić information content (AvgIpc) is 3.29. The van der Waals surface area contributed by atoms with Gasteiger partial charge < -0.3 is 5.32 Å². The summed E-state index contributed by atoms with van der Waals surface area (Å²) in [6.45, 7) is 0. The Hall–Kier alpha value is -2.42. The Balaban J connectivity index is 1.61. The smallest absolute Gasteiger partial charge is 0.149 e. The summed E-state index contributed by atoms with van der Waals surface area (Å²) in [4.78, 5) is 4.13. The van der Waals surface area contributed by atoms with E-state index in [-0.39, 0.29) is 5.82 Å². The maximum absolute atomic E-state index is 13.8. The molecular formula is C18H15FN2. The molecule has 1 N–H and O–H groups in total. The Morgan fingerprint density at radius 3 is 2.71 bits per heavy atom. The molecule has 1 aliphatic rings. The predicted molar refractivity (Wildman–Crippen MR) is 82.9 cm³/mol. The fraction of sp³-hybridized carbons (Fsp3) is 0.167. The maximum atomic E-state index is 13.8. The van der Waals surface area contributed by atoms with E-state index in [0.29, 0.717) is 17.5 Å². The van der Waals surface area contributed by atoms with Gasteiger partial charge in [-0.25, -0.2) is 4.39 Å². The molecule has 1 aromatic heterocycles. The van der Waals surface area contributed by atoms with Crippen LogP contribution in [0.1, 0.15) is 17.9 Å². The SMILES string of the molecule is Fc1cccc2c(NC3CC3c3ccccc3)ccnc12. The minimum Gasteiger partial charge on any atom is -0.381 e. The first-order valence-electron chi connectivity index (χ1n) is 7.17. The second-order valence-electron chi connectivity index (χ2n) is 5.50. The Labute approximate surface area is 122 Å². The number of halogens is 1. The Bertz CT molecular complexity index is 786. The lowest BCUT2D eigenvalue weighted by atomic mass is 10.1. The Morgan fingerprint density at radius 2 is 1.86 bits per heavy atom. The first-order valence-corrected chi connectivity index (χ1v) is 7.17. The number of fused-ring (bicyclic) bond motifs is 1. The molecule has 4 rings (SSSR count). The highest BCUT2D eigenvalue weighted by Gasteiger charge is 2.38. The van der Waals surface area contributed by atoms with Gasteiger partial charge in [-0.1, -0.05) is 42.5 Å². The molecule has 0 radical (unpaired) electrons. The van der Waals surface area contributed by atoms with Crippen molar-refractivity contribution in [1.82, 2.24) is 4.98 Å². The van der Waals surface area contributed by atoms with Crippen LogP contribution in [-0.2, 0) is 0 Å². The molecule has 2 atom stereocenters. The quantitative estimate of drug-likeness (QED) is 0.770. The molecule has 1 saturated carbocycles. The van der Waals surface area contributed by atoms with Gasteiger partial charge in [0, 0.05) is 29.2 Å². The highest BCUT2D eigenvalue weighted by Crippen LogP contribution is 2.43. The lowest BCUT2D eigenvalue weighted by Gasteiger charge is -2.09.